The number of unbranched alkanes of at least 4 members (excludes halogenated alkanes) is 1. The van der Waals surface area contributed by atoms with Gasteiger partial charge < -0.3 is 9.88 Å². The Hall–Kier alpha value is -3.88. The van der Waals surface area contributed by atoms with E-state index in [9.17, 15) is 9.18 Å². The fourth-order valence-electron chi connectivity index (χ4n) is 4.74. The third-order valence-corrected chi connectivity index (χ3v) is 6.94. The van der Waals surface area contributed by atoms with Crippen molar-refractivity contribution in [3.8, 4) is 17.3 Å². The van der Waals surface area contributed by atoms with Crippen LogP contribution in [0.25, 0.3) is 22.3 Å². The molecule has 0 spiro atoms. The predicted octanol–water partition coefficient (Wildman–Crippen LogP) is 3.53. The molecule has 0 radical (unpaired) electrons. The molecule has 5 rings (SSSR count). The molecular formula is C25H25ClFN9O. The van der Waals surface area contributed by atoms with Crippen LogP contribution in [0.2, 0.25) is 5.15 Å². The molecule has 10 nitrogen and oxygen atoms in total. The number of nitriles is 1. The number of carbonyl (C=O) groups is 1. The van der Waals surface area contributed by atoms with Gasteiger partial charge in [0.05, 0.1) is 36.3 Å². The molecule has 1 N–H and O–H groups in total. The molecular weight excluding hydrogens is 497 g/mol. The van der Waals surface area contributed by atoms with Gasteiger partial charge in [0.25, 0.3) is 5.91 Å². The number of aromatic amines is 1. The van der Waals surface area contributed by atoms with Gasteiger partial charge in [-0.2, -0.15) is 10.4 Å². The van der Waals surface area contributed by atoms with Crippen LogP contribution in [0.5, 0.6) is 0 Å². The van der Waals surface area contributed by atoms with E-state index in [0.29, 0.717) is 39.1 Å². The second-order valence-electron chi connectivity index (χ2n) is 8.94. The van der Waals surface area contributed by atoms with Crippen molar-refractivity contribution in [2.24, 2.45) is 0 Å². The van der Waals surface area contributed by atoms with Crippen LogP contribution >= 0.6 is 11.6 Å². The second kappa shape index (κ2) is 11.0. The maximum absolute atomic E-state index is 13.6. The fraction of sp³-hybridized carbons (Fsp3) is 0.360. The van der Waals surface area contributed by atoms with E-state index >= 15 is 0 Å². The summed E-state index contributed by atoms with van der Waals surface area (Å²) >= 11 is 6.04. The van der Waals surface area contributed by atoms with Gasteiger partial charge in [-0.05, 0) is 25.0 Å². The first-order chi connectivity index (χ1) is 18.0. The number of nitrogens with one attached hydrogen (secondary N) is 1. The van der Waals surface area contributed by atoms with Crippen LogP contribution in [0.15, 0.2) is 43.2 Å². The van der Waals surface area contributed by atoms with E-state index in [-0.39, 0.29) is 22.7 Å². The zero-order valence-electron chi connectivity index (χ0n) is 20.0. The van der Waals surface area contributed by atoms with Gasteiger partial charge >= 0.3 is 0 Å². The monoisotopic (exact) mass is 521 g/mol. The van der Waals surface area contributed by atoms with E-state index in [4.69, 9.17) is 16.9 Å². The van der Waals surface area contributed by atoms with Crippen molar-refractivity contribution >= 4 is 28.5 Å². The van der Waals surface area contributed by atoms with Crippen LogP contribution in [-0.2, 0) is 6.54 Å². The third-order valence-electron chi connectivity index (χ3n) is 6.64. The summed E-state index contributed by atoms with van der Waals surface area (Å²) in [6, 6.07) is 5.43. The summed E-state index contributed by atoms with van der Waals surface area (Å²) < 4.78 is 15.5. The van der Waals surface area contributed by atoms with E-state index in [1.165, 1.54) is 6.33 Å². The molecule has 12 heteroatoms. The number of nitrogens with zero attached hydrogens (tertiary/aromatic N) is 8. The van der Waals surface area contributed by atoms with Gasteiger partial charge in [-0.1, -0.05) is 11.6 Å². The van der Waals surface area contributed by atoms with Crippen molar-refractivity contribution in [1.29, 1.82) is 5.26 Å². The fourth-order valence-corrected chi connectivity index (χ4v) is 4.93. The van der Waals surface area contributed by atoms with Crippen molar-refractivity contribution in [2.75, 3.05) is 26.2 Å². The Morgan fingerprint density at radius 2 is 2.05 bits per heavy atom. The number of fused-ring (bicyclic) bond motifs is 1. The Labute approximate surface area is 217 Å². The minimum Gasteiger partial charge on any atom is -0.346 e. The van der Waals surface area contributed by atoms with Crippen LogP contribution < -0.4 is 0 Å². The van der Waals surface area contributed by atoms with E-state index in [1.807, 2.05) is 23.1 Å². The highest BCUT2D eigenvalue weighted by atomic mass is 35.5. The average molecular weight is 522 g/mol. The van der Waals surface area contributed by atoms with Gasteiger partial charge in [0.15, 0.2) is 0 Å². The van der Waals surface area contributed by atoms with Gasteiger partial charge in [-0.15, -0.1) is 0 Å². The quantitative estimate of drug-likeness (QED) is 0.278. The number of piperazine rings is 1. The lowest BCUT2D eigenvalue weighted by Crippen LogP contribution is -2.53. The molecule has 1 aliphatic heterocycles. The molecule has 1 saturated heterocycles. The number of carbonyl (C=O) groups excluding carboxylic acids is 1. The topological polar surface area (TPSA) is 120 Å². The first-order valence-electron chi connectivity index (χ1n) is 12.1. The van der Waals surface area contributed by atoms with Crippen LogP contribution in [0.3, 0.4) is 0 Å². The largest absolute Gasteiger partial charge is 0.346 e. The van der Waals surface area contributed by atoms with Crippen molar-refractivity contribution in [1.82, 2.24) is 39.5 Å². The first-order valence-corrected chi connectivity index (χ1v) is 12.4. The SMILES string of the molecule is N#CCCC[C@H](Cn1cc(-c2ncnc3[nH]ccc23)cn1)N1CCN(C(=O)c2cc(F)cnc2Cl)CC1. The summed E-state index contributed by atoms with van der Waals surface area (Å²) in [5.41, 5.74) is 2.57. The Balaban J connectivity index is 1.27. The van der Waals surface area contributed by atoms with Crippen LogP contribution in [0.4, 0.5) is 4.39 Å². The van der Waals surface area contributed by atoms with E-state index in [2.05, 4.69) is 36.0 Å². The van der Waals surface area contributed by atoms with Crippen LogP contribution in [0.1, 0.15) is 29.6 Å². The number of pyridine rings is 1. The zero-order valence-corrected chi connectivity index (χ0v) is 20.8. The molecule has 0 bridgehead atoms. The van der Waals surface area contributed by atoms with Crippen LogP contribution in [-0.4, -0.2) is 77.6 Å². The molecule has 5 heterocycles. The number of amides is 1. The predicted molar refractivity (Wildman–Crippen MR) is 135 cm³/mol. The summed E-state index contributed by atoms with van der Waals surface area (Å²) in [5.74, 6) is -0.919. The molecule has 0 saturated carbocycles. The van der Waals surface area contributed by atoms with Crippen molar-refractivity contribution in [3.63, 3.8) is 0 Å². The number of hydrogen-bond donors (Lipinski definition) is 1. The highest BCUT2D eigenvalue weighted by Crippen LogP contribution is 2.25. The highest BCUT2D eigenvalue weighted by molar-refractivity contribution is 6.32. The Kier molecular flexibility index (Phi) is 7.39. The first kappa shape index (κ1) is 24.8. The lowest BCUT2D eigenvalue weighted by molar-refractivity contribution is 0.0531. The molecule has 37 heavy (non-hydrogen) atoms. The Bertz CT molecular complexity index is 1440. The molecule has 0 unspecified atom stereocenters. The zero-order chi connectivity index (χ0) is 25.8. The minimum absolute atomic E-state index is 0.00158. The molecule has 1 fully saturated rings. The van der Waals surface area contributed by atoms with Crippen LogP contribution in [0, 0.1) is 17.1 Å². The van der Waals surface area contributed by atoms with E-state index in [1.54, 1.807) is 11.1 Å². The lowest BCUT2D eigenvalue weighted by Gasteiger charge is -2.39. The number of hydrogen-bond acceptors (Lipinski definition) is 7. The van der Waals surface area contributed by atoms with Gasteiger partial charge in [0.1, 0.15) is 22.9 Å². The maximum atomic E-state index is 13.6. The lowest BCUT2D eigenvalue weighted by atomic mass is 10.1. The number of H-pyrrole nitrogens is 1. The van der Waals surface area contributed by atoms with Crippen molar-refractivity contribution in [3.05, 3.63) is 59.8 Å². The smallest absolute Gasteiger partial charge is 0.257 e. The van der Waals surface area contributed by atoms with Gasteiger partial charge in [0.2, 0.25) is 0 Å². The normalized spacial score (nSPS) is 15.1. The summed E-state index contributed by atoms with van der Waals surface area (Å²) in [6.07, 6.45) is 10.2. The number of aromatic nitrogens is 6. The molecule has 1 amide bonds. The molecule has 1 atom stereocenters. The number of rotatable bonds is 8. The van der Waals surface area contributed by atoms with E-state index < -0.39 is 5.82 Å². The molecule has 190 valence electrons. The summed E-state index contributed by atoms with van der Waals surface area (Å²) in [5, 5.41) is 14.6. The highest BCUT2D eigenvalue weighted by Gasteiger charge is 2.28. The average Bonchev–Trinajstić information content (AvgIpc) is 3.59. The minimum atomic E-state index is -0.596. The molecule has 4 aromatic rings. The van der Waals surface area contributed by atoms with Crippen molar-refractivity contribution in [2.45, 2.75) is 31.8 Å². The van der Waals surface area contributed by atoms with Gasteiger partial charge in [-0.3, -0.25) is 14.4 Å². The molecule has 1 aliphatic rings. The third kappa shape index (κ3) is 5.45. The summed E-state index contributed by atoms with van der Waals surface area (Å²) in [6.45, 7) is 2.90. The van der Waals surface area contributed by atoms with Gasteiger partial charge in [-0.25, -0.2) is 19.3 Å². The molecule has 0 aliphatic carbocycles. The molecule has 4 aromatic heterocycles. The Morgan fingerprint density at radius 3 is 2.86 bits per heavy atom. The van der Waals surface area contributed by atoms with Crippen molar-refractivity contribution < 1.29 is 9.18 Å². The summed E-state index contributed by atoms with van der Waals surface area (Å²) in [7, 11) is 0. The van der Waals surface area contributed by atoms with Gasteiger partial charge in [0, 0.05) is 62.0 Å². The second-order valence-corrected chi connectivity index (χ2v) is 9.30. The molecule has 0 aromatic carbocycles. The van der Waals surface area contributed by atoms with E-state index in [0.717, 1.165) is 47.4 Å². The summed E-state index contributed by atoms with van der Waals surface area (Å²) in [4.78, 5) is 32.5. The standard InChI is InChI=1S/C25H25ClFN9O/c26-23-21(11-18(27)13-30-23)25(37)35-9-7-34(8-10-35)19(3-1-2-5-28)15-36-14-17(12-33-36)22-20-4-6-29-24(20)32-16-31-22/h4,6,11-14,16,19H,1-3,7-10,15H2,(H,29,31,32)/t19-/m1/s1. The maximum Gasteiger partial charge on any atom is 0.257 e. The number of halogens is 2. The Morgan fingerprint density at radius 1 is 1.22 bits per heavy atom.